The van der Waals surface area contributed by atoms with Crippen LogP contribution < -0.4 is 0 Å². The van der Waals surface area contributed by atoms with Gasteiger partial charge in [-0.2, -0.15) is 0 Å². The molecule has 0 radical (unpaired) electrons. The molecule has 2 rings (SSSR count). The first-order valence-corrected chi connectivity index (χ1v) is 6.09. The van der Waals surface area contributed by atoms with Gasteiger partial charge >= 0.3 is 0 Å². The minimum Gasteiger partial charge on any atom is -0.390 e. The summed E-state index contributed by atoms with van der Waals surface area (Å²) in [5.41, 5.74) is 1.80. The zero-order valence-corrected chi connectivity index (χ0v) is 9.89. The summed E-state index contributed by atoms with van der Waals surface area (Å²) in [5.74, 6) is 0. The van der Waals surface area contributed by atoms with E-state index in [2.05, 4.69) is 22.1 Å². The van der Waals surface area contributed by atoms with Gasteiger partial charge < -0.3 is 10.0 Å². The first-order chi connectivity index (χ1) is 7.85. The number of likely N-dealkylation sites (tertiary alicyclic amines) is 1. The van der Waals surface area contributed by atoms with Gasteiger partial charge in [0.2, 0.25) is 0 Å². The van der Waals surface area contributed by atoms with E-state index in [1.807, 2.05) is 4.68 Å². The van der Waals surface area contributed by atoms with Crippen LogP contribution in [0.2, 0.25) is 0 Å². The van der Waals surface area contributed by atoms with E-state index in [1.165, 1.54) is 25.9 Å². The van der Waals surface area contributed by atoms with Gasteiger partial charge in [-0.25, -0.2) is 4.68 Å². The summed E-state index contributed by atoms with van der Waals surface area (Å²) in [6, 6.07) is 0. The van der Waals surface area contributed by atoms with Crippen molar-refractivity contribution in [3.8, 4) is 0 Å². The topological polar surface area (TPSA) is 54.2 Å². The van der Waals surface area contributed by atoms with Crippen molar-refractivity contribution >= 4 is 0 Å². The fourth-order valence-corrected chi connectivity index (χ4v) is 2.30. The maximum atomic E-state index is 9.12. The Labute approximate surface area is 96.1 Å². The summed E-state index contributed by atoms with van der Waals surface area (Å²) in [7, 11) is 0. The molecule has 0 bridgehead atoms. The van der Waals surface area contributed by atoms with Gasteiger partial charge in [-0.3, -0.25) is 0 Å². The fraction of sp³-hybridized carbons (Fsp3) is 0.818. The van der Waals surface area contributed by atoms with Crippen molar-refractivity contribution in [2.75, 3.05) is 19.6 Å². The van der Waals surface area contributed by atoms with Gasteiger partial charge in [-0.15, -0.1) is 5.10 Å². The van der Waals surface area contributed by atoms with Gasteiger partial charge in [-0.05, 0) is 32.4 Å². The Kier molecular flexibility index (Phi) is 3.90. The lowest BCUT2D eigenvalue weighted by Gasteiger charge is -2.14. The Hall–Kier alpha value is -0.940. The summed E-state index contributed by atoms with van der Waals surface area (Å²) < 4.78 is 1.93. The molecule has 1 aliphatic heterocycles. The third kappa shape index (κ3) is 2.41. The summed E-state index contributed by atoms with van der Waals surface area (Å²) in [4.78, 5) is 2.46. The number of hydrogen-bond acceptors (Lipinski definition) is 4. The summed E-state index contributed by atoms with van der Waals surface area (Å²) in [5, 5.41) is 17.2. The lowest BCUT2D eigenvalue weighted by atomic mass is 10.2. The number of rotatable bonds is 5. The Morgan fingerprint density at radius 1 is 1.25 bits per heavy atom. The van der Waals surface area contributed by atoms with Crippen LogP contribution in [-0.2, 0) is 19.6 Å². The molecule has 0 aliphatic carbocycles. The third-order valence-electron chi connectivity index (χ3n) is 3.23. The molecule has 1 aromatic rings. The Morgan fingerprint density at radius 2 is 2.00 bits per heavy atom. The van der Waals surface area contributed by atoms with Crippen molar-refractivity contribution in [2.45, 2.75) is 39.3 Å². The molecule has 0 atom stereocenters. The molecular formula is C11H20N4O. The zero-order chi connectivity index (χ0) is 11.4. The number of nitrogens with zero attached hydrogens (tertiary/aromatic N) is 4. The molecule has 1 aromatic heterocycles. The zero-order valence-electron chi connectivity index (χ0n) is 9.89. The quantitative estimate of drug-likeness (QED) is 0.788. The van der Waals surface area contributed by atoms with Crippen molar-refractivity contribution in [3.05, 3.63) is 11.4 Å². The smallest absolute Gasteiger partial charge is 0.111 e. The van der Waals surface area contributed by atoms with E-state index < -0.39 is 0 Å². The second-order valence-corrected chi connectivity index (χ2v) is 4.27. The molecule has 0 spiro atoms. The fourth-order valence-electron chi connectivity index (χ4n) is 2.30. The summed E-state index contributed by atoms with van der Waals surface area (Å²) in [6.07, 6.45) is 3.52. The van der Waals surface area contributed by atoms with Crippen LogP contribution in [0.3, 0.4) is 0 Å². The lowest BCUT2D eigenvalue weighted by Crippen LogP contribution is -2.25. The lowest BCUT2D eigenvalue weighted by molar-refractivity contribution is 0.275. The van der Waals surface area contributed by atoms with Crippen LogP contribution in [0.15, 0.2) is 0 Å². The number of aromatic nitrogens is 3. The van der Waals surface area contributed by atoms with E-state index in [0.29, 0.717) is 0 Å². The minimum atomic E-state index is -0.00706. The maximum absolute atomic E-state index is 9.12. The van der Waals surface area contributed by atoms with Crippen LogP contribution in [0.1, 0.15) is 31.2 Å². The summed E-state index contributed by atoms with van der Waals surface area (Å²) >= 11 is 0. The van der Waals surface area contributed by atoms with Gasteiger partial charge in [-0.1, -0.05) is 12.1 Å². The van der Waals surface area contributed by atoms with Crippen molar-refractivity contribution in [1.29, 1.82) is 0 Å². The average Bonchev–Trinajstić information content (AvgIpc) is 2.94. The van der Waals surface area contributed by atoms with Crippen LogP contribution in [0.5, 0.6) is 0 Å². The summed E-state index contributed by atoms with van der Waals surface area (Å²) in [6.45, 7) is 6.42. The van der Waals surface area contributed by atoms with E-state index in [1.54, 1.807) is 0 Å². The molecule has 2 heterocycles. The normalized spacial score (nSPS) is 17.1. The van der Waals surface area contributed by atoms with E-state index in [-0.39, 0.29) is 6.61 Å². The van der Waals surface area contributed by atoms with Crippen LogP contribution in [-0.4, -0.2) is 44.6 Å². The van der Waals surface area contributed by atoms with Gasteiger partial charge in [0.1, 0.15) is 5.69 Å². The van der Waals surface area contributed by atoms with Crippen LogP contribution >= 0.6 is 0 Å². The van der Waals surface area contributed by atoms with Gasteiger partial charge in [0.25, 0.3) is 0 Å². The molecule has 16 heavy (non-hydrogen) atoms. The van der Waals surface area contributed by atoms with E-state index in [4.69, 9.17) is 5.11 Å². The number of aliphatic hydroxyl groups excluding tert-OH is 1. The molecule has 0 amide bonds. The van der Waals surface area contributed by atoms with Crippen molar-refractivity contribution in [2.24, 2.45) is 0 Å². The molecule has 1 aliphatic rings. The highest BCUT2D eigenvalue weighted by Gasteiger charge is 2.14. The highest BCUT2D eigenvalue weighted by molar-refractivity contribution is 5.08. The van der Waals surface area contributed by atoms with Gasteiger partial charge in [0, 0.05) is 6.54 Å². The standard InChI is InChI=1S/C11H20N4O/c1-2-11-10(9-16)12-13-15(11)8-7-14-5-3-4-6-14/h16H,2-9H2,1H3. The molecule has 90 valence electrons. The van der Waals surface area contributed by atoms with Crippen molar-refractivity contribution < 1.29 is 5.11 Å². The monoisotopic (exact) mass is 224 g/mol. The average molecular weight is 224 g/mol. The first-order valence-electron chi connectivity index (χ1n) is 6.09. The number of hydrogen-bond donors (Lipinski definition) is 1. The molecule has 5 heteroatoms. The molecule has 1 saturated heterocycles. The third-order valence-corrected chi connectivity index (χ3v) is 3.23. The molecular weight excluding hydrogens is 204 g/mol. The van der Waals surface area contributed by atoms with E-state index in [0.717, 1.165) is 30.9 Å². The SMILES string of the molecule is CCc1c(CO)nnn1CCN1CCCC1. The molecule has 0 saturated carbocycles. The van der Waals surface area contributed by atoms with E-state index in [9.17, 15) is 0 Å². The van der Waals surface area contributed by atoms with Gasteiger partial charge in [0.05, 0.1) is 18.8 Å². The van der Waals surface area contributed by atoms with E-state index >= 15 is 0 Å². The predicted molar refractivity (Wildman–Crippen MR) is 61.0 cm³/mol. The largest absolute Gasteiger partial charge is 0.390 e. The van der Waals surface area contributed by atoms with Crippen LogP contribution in [0, 0.1) is 0 Å². The molecule has 0 unspecified atom stereocenters. The first kappa shape index (κ1) is 11.5. The van der Waals surface area contributed by atoms with Crippen LogP contribution in [0.4, 0.5) is 0 Å². The molecule has 0 aromatic carbocycles. The molecule has 1 N–H and O–H groups in total. The Morgan fingerprint density at radius 3 is 2.62 bits per heavy atom. The van der Waals surface area contributed by atoms with Crippen LogP contribution in [0.25, 0.3) is 0 Å². The number of aliphatic hydroxyl groups is 1. The second kappa shape index (κ2) is 5.41. The highest BCUT2D eigenvalue weighted by atomic mass is 16.3. The van der Waals surface area contributed by atoms with Crippen molar-refractivity contribution in [3.63, 3.8) is 0 Å². The second-order valence-electron chi connectivity index (χ2n) is 4.27. The minimum absolute atomic E-state index is 0.00706. The molecule has 5 nitrogen and oxygen atoms in total. The van der Waals surface area contributed by atoms with Crippen molar-refractivity contribution in [1.82, 2.24) is 19.9 Å². The molecule has 1 fully saturated rings. The van der Waals surface area contributed by atoms with Gasteiger partial charge in [0.15, 0.2) is 0 Å². The highest BCUT2D eigenvalue weighted by Crippen LogP contribution is 2.09. The Balaban J connectivity index is 1.94. The predicted octanol–water partition coefficient (Wildman–Crippen LogP) is 0.429. The maximum Gasteiger partial charge on any atom is 0.111 e. The Bertz CT molecular complexity index is 331.